The highest BCUT2D eigenvalue weighted by atomic mass is 19.1. The summed E-state index contributed by atoms with van der Waals surface area (Å²) in [5, 5.41) is 15.9. The number of nitrogens with zero attached hydrogens (tertiary/aromatic N) is 2. The molecule has 3 rings (SSSR count). The number of carbonyl (C=O) groups excluding carboxylic acids is 1. The van der Waals surface area contributed by atoms with E-state index in [0.717, 1.165) is 0 Å². The van der Waals surface area contributed by atoms with E-state index in [1.807, 2.05) is 0 Å². The largest absolute Gasteiger partial charge is 0.481 e. The van der Waals surface area contributed by atoms with E-state index in [0.29, 0.717) is 11.3 Å². The van der Waals surface area contributed by atoms with Gasteiger partial charge in [0.1, 0.15) is 5.82 Å². The van der Waals surface area contributed by atoms with Gasteiger partial charge in [-0.3, -0.25) is 14.3 Å². The first-order valence-electron chi connectivity index (χ1n) is 7.60. The van der Waals surface area contributed by atoms with Crippen LogP contribution in [0.4, 0.5) is 10.1 Å². The molecule has 1 aromatic carbocycles. The molecule has 0 spiro atoms. The third kappa shape index (κ3) is 2.89. The lowest BCUT2D eigenvalue weighted by molar-refractivity contribution is -0.140. The predicted octanol–water partition coefficient (Wildman–Crippen LogP) is 2.37. The van der Waals surface area contributed by atoms with Crippen molar-refractivity contribution < 1.29 is 19.1 Å². The van der Waals surface area contributed by atoms with Crippen molar-refractivity contribution >= 4 is 17.6 Å². The Morgan fingerprint density at radius 1 is 1.33 bits per heavy atom. The van der Waals surface area contributed by atoms with Crippen LogP contribution >= 0.6 is 0 Å². The van der Waals surface area contributed by atoms with Crippen LogP contribution in [-0.2, 0) is 16.1 Å². The van der Waals surface area contributed by atoms with Crippen LogP contribution in [0.2, 0.25) is 0 Å². The minimum Gasteiger partial charge on any atom is -0.481 e. The molecule has 2 N–H and O–H groups in total. The molecular weight excluding hydrogens is 313 g/mol. The van der Waals surface area contributed by atoms with Crippen LogP contribution in [0.15, 0.2) is 36.7 Å². The number of halogens is 1. The van der Waals surface area contributed by atoms with Crippen molar-refractivity contribution in [2.45, 2.75) is 20.4 Å². The monoisotopic (exact) mass is 331 g/mol. The normalized spacial score (nSPS) is 21.3. The van der Waals surface area contributed by atoms with Gasteiger partial charge in [0.15, 0.2) is 0 Å². The lowest BCUT2D eigenvalue weighted by atomic mass is 10.1. The first-order valence-corrected chi connectivity index (χ1v) is 7.60. The topological polar surface area (TPSA) is 84.2 Å². The van der Waals surface area contributed by atoms with Crippen LogP contribution in [0.5, 0.6) is 0 Å². The van der Waals surface area contributed by atoms with Crippen molar-refractivity contribution in [2.24, 2.45) is 17.3 Å². The van der Waals surface area contributed by atoms with Crippen LogP contribution in [0.25, 0.3) is 0 Å². The van der Waals surface area contributed by atoms with Gasteiger partial charge < -0.3 is 10.4 Å². The number of carboxylic acid groups (broad SMARTS) is 1. The quantitative estimate of drug-likeness (QED) is 0.881. The molecule has 1 amide bonds. The summed E-state index contributed by atoms with van der Waals surface area (Å²) in [6.07, 6.45) is 3.05. The van der Waals surface area contributed by atoms with Crippen LogP contribution in [0, 0.1) is 23.1 Å². The highest BCUT2D eigenvalue weighted by molar-refractivity contribution is 5.99. The van der Waals surface area contributed by atoms with Crippen molar-refractivity contribution in [1.29, 1.82) is 0 Å². The maximum Gasteiger partial charge on any atom is 0.307 e. The molecule has 1 fully saturated rings. The van der Waals surface area contributed by atoms with E-state index in [-0.39, 0.29) is 18.3 Å². The van der Waals surface area contributed by atoms with Gasteiger partial charge in [0.2, 0.25) is 5.91 Å². The number of anilines is 1. The summed E-state index contributed by atoms with van der Waals surface area (Å²) in [5.41, 5.74) is 0.398. The second-order valence-electron chi connectivity index (χ2n) is 6.62. The van der Waals surface area contributed by atoms with Crippen molar-refractivity contribution in [1.82, 2.24) is 9.78 Å². The number of carboxylic acids is 1. The number of rotatable bonds is 5. The van der Waals surface area contributed by atoms with E-state index < -0.39 is 23.2 Å². The van der Waals surface area contributed by atoms with Gasteiger partial charge in [0.05, 0.1) is 30.3 Å². The van der Waals surface area contributed by atoms with Crippen molar-refractivity contribution in [3.63, 3.8) is 0 Å². The Bertz CT molecular complexity index is 800. The second-order valence-corrected chi connectivity index (χ2v) is 6.62. The summed E-state index contributed by atoms with van der Waals surface area (Å²) in [6.45, 7) is 3.77. The molecule has 126 valence electrons. The average molecular weight is 331 g/mol. The van der Waals surface area contributed by atoms with Gasteiger partial charge in [-0.25, -0.2) is 4.39 Å². The lowest BCUT2D eigenvalue weighted by Crippen LogP contribution is -2.17. The molecule has 1 aromatic heterocycles. The maximum absolute atomic E-state index is 13.6. The van der Waals surface area contributed by atoms with E-state index in [9.17, 15) is 14.0 Å². The minimum atomic E-state index is -0.963. The van der Waals surface area contributed by atoms with Crippen molar-refractivity contribution in [2.75, 3.05) is 5.32 Å². The fourth-order valence-electron chi connectivity index (χ4n) is 3.12. The average Bonchev–Trinajstić information content (AvgIpc) is 2.85. The van der Waals surface area contributed by atoms with Gasteiger partial charge in [0.25, 0.3) is 0 Å². The summed E-state index contributed by atoms with van der Waals surface area (Å²) in [5.74, 6) is -2.85. The number of hydrogen-bond donors (Lipinski definition) is 2. The first-order chi connectivity index (χ1) is 11.3. The number of nitrogens with one attached hydrogen (secondary N) is 1. The number of amides is 1. The molecule has 0 unspecified atom stereocenters. The van der Waals surface area contributed by atoms with Crippen LogP contribution in [-0.4, -0.2) is 26.8 Å². The smallest absolute Gasteiger partial charge is 0.307 e. The Balaban J connectivity index is 1.66. The SMILES string of the molecule is CC1(C)[C@H](C(=O)O)[C@@H]1C(=O)Nc1cnn(Cc2ccccc2F)c1. The van der Waals surface area contributed by atoms with Gasteiger partial charge >= 0.3 is 5.97 Å². The Labute approximate surface area is 138 Å². The van der Waals surface area contributed by atoms with E-state index in [1.165, 1.54) is 16.9 Å². The Hall–Kier alpha value is -2.70. The van der Waals surface area contributed by atoms with Crippen LogP contribution in [0.1, 0.15) is 19.4 Å². The summed E-state index contributed by atoms with van der Waals surface area (Å²) in [6, 6.07) is 6.40. The molecule has 1 saturated carbocycles. The first kappa shape index (κ1) is 16.2. The van der Waals surface area contributed by atoms with E-state index in [4.69, 9.17) is 5.11 Å². The molecule has 1 aliphatic rings. The Kier molecular flexibility index (Phi) is 3.87. The van der Waals surface area contributed by atoms with Gasteiger partial charge in [-0.2, -0.15) is 5.10 Å². The molecule has 1 heterocycles. The van der Waals surface area contributed by atoms with Gasteiger partial charge in [0, 0.05) is 11.8 Å². The van der Waals surface area contributed by atoms with Crippen molar-refractivity contribution in [3.8, 4) is 0 Å². The zero-order valence-corrected chi connectivity index (χ0v) is 13.4. The molecule has 6 nitrogen and oxygen atoms in total. The number of aromatic nitrogens is 2. The van der Waals surface area contributed by atoms with Gasteiger partial charge in [-0.05, 0) is 11.5 Å². The van der Waals surface area contributed by atoms with E-state index in [1.54, 1.807) is 38.2 Å². The molecule has 0 radical (unpaired) electrons. The molecular formula is C17H18FN3O3. The molecule has 2 aromatic rings. The molecule has 0 bridgehead atoms. The Morgan fingerprint density at radius 2 is 2.04 bits per heavy atom. The minimum absolute atomic E-state index is 0.245. The lowest BCUT2D eigenvalue weighted by Gasteiger charge is -2.04. The number of carbonyl (C=O) groups is 2. The third-order valence-corrected chi connectivity index (χ3v) is 4.57. The predicted molar refractivity (Wildman–Crippen MR) is 84.8 cm³/mol. The van der Waals surface area contributed by atoms with E-state index >= 15 is 0 Å². The number of aliphatic carboxylic acids is 1. The molecule has 0 aliphatic heterocycles. The highest BCUT2D eigenvalue weighted by Gasteiger charge is 2.65. The zero-order valence-electron chi connectivity index (χ0n) is 13.4. The maximum atomic E-state index is 13.6. The summed E-state index contributed by atoms with van der Waals surface area (Å²) >= 11 is 0. The molecule has 1 aliphatic carbocycles. The molecule has 7 heteroatoms. The van der Waals surface area contributed by atoms with Crippen LogP contribution < -0.4 is 5.32 Å². The third-order valence-electron chi connectivity index (χ3n) is 4.57. The number of hydrogen-bond acceptors (Lipinski definition) is 3. The second kappa shape index (κ2) is 5.74. The van der Waals surface area contributed by atoms with Crippen LogP contribution in [0.3, 0.4) is 0 Å². The highest BCUT2D eigenvalue weighted by Crippen LogP contribution is 2.58. The van der Waals surface area contributed by atoms with E-state index in [2.05, 4.69) is 10.4 Å². The summed E-state index contributed by atoms with van der Waals surface area (Å²) in [7, 11) is 0. The molecule has 2 atom stereocenters. The molecule has 0 saturated heterocycles. The molecule has 24 heavy (non-hydrogen) atoms. The fourth-order valence-corrected chi connectivity index (χ4v) is 3.12. The zero-order chi connectivity index (χ0) is 17.5. The van der Waals surface area contributed by atoms with Gasteiger partial charge in [-0.1, -0.05) is 32.0 Å². The van der Waals surface area contributed by atoms with Gasteiger partial charge in [-0.15, -0.1) is 0 Å². The van der Waals surface area contributed by atoms with Crippen molar-refractivity contribution in [3.05, 3.63) is 48.0 Å². The summed E-state index contributed by atoms with van der Waals surface area (Å²) in [4.78, 5) is 23.4. The fraction of sp³-hybridized carbons (Fsp3) is 0.353. The number of benzene rings is 1. The summed E-state index contributed by atoms with van der Waals surface area (Å²) < 4.78 is 15.2. The standard InChI is InChI=1S/C17H18FN3O3/c1-17(2)13(14(17)16(23)24)15(22)20-11-7-19-21(9-11)8-10-5-3-4-6-12(10)18/h3-7,9,13-14H,8H2,1-2H3,(H,20,22)(H,23,24)/t13-,14+/m1/s1. The Morgan fingerprint density at radius 3 is 2.67 bits per heavy atom.